The van der Waals surface area contributed by atoms with E-state index < -0.39 is 12.0 Å². The van der Waals surface area contributed by atoms with Crippen LogP contribution in [0, 0.1) is 0 Å². The summed E-state index contributed by atoms with van der Waals surface area (Å²) in [7, 11) is 0. The van der Waals surface area contributed by atoms with E-state index in [-0.39, 0.29) is 17.7 Å². The minimum atomic E-state index is -0.990. The van der Waals surface area contributed by atoms with Crippen molar-refractivity contribution < 1.29 is 19.4 Å². The summed E-state index contributed by atoms with van der Waals surface area (Å²) >= 11 is 0. The third kappa shape index (κ3) is 9.14. The summed E-state index contributed by atoms with van der Waals surface area (Å²) in [4.78, 5) is 33.6. The highest BCUT2D eigenvalue weighted by Gasteiger charge is 2.36. The molecule has 1 saturated heterocycles. The van der Waals surface area contributed by atoms with Gasteiger partial charge in [-0.2, -0.15) is 0 Å². The smallest absolute Gasteiger partial charge is 0.326 e. The third-order valence-electron chi connectivity index (χ3n) is 7.44. The lowest BCUT2D eigenvalue weighted by molar-refractivity contribution is -0.139. The van der Waals surface area contributed by atoms with Crippen molar-refractivity contribution in [1.29, 1.82) is 0 Å². The number of pyridine rings is 1. The number of aromatic nitrogens is 1. The molecule has 0 aromatic carbocycles. The van der Waals surface area contributed by atoms with E-state index in [4.69, 9.17) is 9.72 Å². The van der Waals surface area contributed by atoms with Crippen LogP contribution < -0.4 is 10.6 Å². The number of carboxylic acids is 1. The summed E-state index contributed by atoms with van der Waals surface area (Å²) < 4.78 is 5.76. The summed E-state index contributed by atoms with van der Waals surface area (Å²) in [5, 5.41) is 16.0. The van der Waals surface area contributed by atoms with Gasteiger partial charge >= 0.3 is 12.0 Å². The lowest BCUT2D eigenvalue weighted by Crippen LogP contribution is -2.53. The number of carbonyl (C=O) groups excluding carboxylic acids is 1. The minimum Gasteiger partial charge on any atom is -0.480 e. The van der Waals surface area contributed by atoms with Crippen LogP contribution in [0.25, 0.3) is 0 Å². The van der Waals surface area contributed by atoms with Gasteiger partial charge in [0.1, 0.15) is 11.9 Å². The van der Waals surface area contributed by atoms with Gasteiger partial charge in [0.15, 0.2) is 0 Å². The van der Waals surface area contributed by atoms with Crippen LogP contribution in [-0.2, 0) is 22.4 Å². The number of anilines is 1. The highest BCUT2D eigenvalue weighted by Crippen LogP contribution is 2.28. The van der Waals surface area contributed by atoms with Gasteiger partial charge < -0.3 is 30.3 Å². The van der Waals surface area contributed by atoms with Crippen LogP contribution in [0.2, 0.25) is 0 Å². The van der Waals surface area contributed by atoms with E-state index in [1.807, 2.05) is 27.7 Å². The number of hydrogen-bond acceptors (Lipinski definition) is 6. The Balaban J connectivity index is 1.49. The Labute approximate surface area is 222 Å². The summed E-state index contributed by atoms with van der Waals surface area (Å²) in [5.41, 5.74) is 2.18. The zero-order valence-electron chi connectivity index (χ0n) is 23.2. The van der Waals surface area contributed by atoms with E-state index in [9.17, 15) is 14.7 Å². The van der Waals surface area contributed by atoms with Crippen LogP contribution in [0.1, 0.15) is 77.5 Å². The minimum absolute atomic E-state index is 0.153. The Hall–Kier alpha value is -2.39. The highest BCUT2D eigenvalue weighted by molar-refractivity contribution is 5.83. The topological polar surface area (TPSA) is 107 Å². The summed E-state index contributed by atoms with van der Waals surface area (Å²) in [6, 6.07) is 3.14. The Morgan fingerprint density at radius 2 is 2.03 bits per heavy atom. The van der Waals surface area contributed by atoms with Gasteiger partial charge in [0.2, 0.25) is 0 Å². The molecule has 1 aromatic heterocycles. The SMILES string of the molecule is CC(C)OCCN(CCCCc1ccc2c(n1)NCCC2)CC[C@H](NC(=O)N1CCCC1(C)C)C(=O)O. The van der Waals surface area contributed by atoms with Gasteiger partial charge in [-0.25, -0.2) is 14.6 Å². The first-order valence-corrected chi connectivity index (χ1v) is 14.0. The largest absolute Gasteiger partial charge is 0.480 e. The van der Waals surface area contributed by atoms with Crippen molar-refractivity contribution in [3.05, 3.63) is 23.4 Å². The predicted octanol–water partition coefficient (Wildman–Crippen LogP) is 3.92. The van der Waals surface area contributed by atoms with E-state index in [1.165, 1.54) is 5.56 Å². The number of likely N-dealkylation sites (tertiary alicyclic amines) is 1. The van der Waals surface area contributed by atoms with Crippen molar-refractivity contribution in [2.45, 2.75) is 96.7 Å². The number of ether oxygens (including phenoxy) is 1. The maximum atomic E-state index is 12.8. The fourth-order valence-corrected chi connectivity index (χ4v) is 5.18. The summed E-state index contributed by atoms with van der Waals surface area (Å²) in [6.07, 6.45) is 7.55. The van der Waals surface area contributed by atoms with E-state index in [2.05, 4.69) is 27.7 Å². The number of hydrogen-bond donors (Lipinski definition) is 3. The quantitative estimate of drug-likeness (QED) is 0.321. The monoisotopic (exact) mass is 517 g/mol. The standard InChI is InChI=1S/C28H47N5O4/c1-21(2)37-20-19-32(16-6-5-10-23-12-11-22-9-7-15-29-25(22)30-23)18-13-24(26(34)35)31-27(36)33-17-8-14-28(33,3)4/h11-12,21,24H,5-10,13-20H2,1-4H3,(H,29,30)(H,31,36)(H,34,35)/t24-/m0/s1. The normalized spacial score (nSPS) is 17.5. The molecule has 0 aliphatic carbocycles. The first-order valence-electron chi connectivity index (χ1n) is 14.0. The maximum absolute atomic E-state index is 12.8. The molecular weight excluding hydrogens is 470 g/mol. The van der Waals surface area contributed by atoms with E-state index in [0.29, 0.717) is 26.1 Å². The number of fused-ring (bicyclic) bond motifs is 1. The van der Waals surface area contributed by atoms with E-state index >= 15 is 0 Å². The lowest BCUT2D eigenvalue weighted by atomic mass is 10.0. The molecule has 1 atom stereocenters. The molecule has 1 fully saturated rings. The number of nitrogens with zero attached hydrogens (tertiary/aromatic N) is 3. The van der Waals surface area contributed by atoms with Crippen LogP contribution in [0.3, 0.4) is 0 Å². The van der Waals surface area contributed by atoms with Crippen molar-refractivity contribution in [1.82, 2.24) is 20.1 Å². The molecule has 2 aliphatic rings. The average Bonchev–Trinajstić information content (AvgIpc) is 3.22. The first kappa shape index (κ1) is 29.2. The zero-order chi connectivity index (χ0) is 26.8. The van der Waals surface area contributed by atoms with Crippen LogP contribution in [0.15, 0.2) is 12.1 Å². The number of unbranched alkanes of at least 4 members (excludes halogenated alkanes) is 1. The average molecular weight is 518 g/mol. The predicted molar refractivity (Wildman–Crippen MR) is 146 cm³/mol. The second-order valence-electron chi connectivity index (χ2n) is 11.3. The molecule has 0 radical (unpaired) electrons. The summed E-state index contributed by atoms with van der Waals surface area (Å²) in [6.45, 7) is 12.5. The van der Waals surface area contributed by atoms with Crippen LogP contribution in [0.4, 0.5) is 10.6 Å². The second kappa shape index (κ2) is 14.0. The Bertz CT molecular complexity index is 891. The fourth-order valence-electron chi connectivity index (χ4n) is 5.18. The maximum Gasteiger partial charge on any atom is 0.326 e. The number of urea groups is 1. The molecule has 1 aromatic rings. The fraction of sp³-hybridized carbons (Fsp3) is 0.750. The number of aryl methyl sites for hydroxylation is 2. The van der Waals surface area contributed by atoms with Crippen LogP contribution in [0.5, 0.6) is 0 Å². The molecule has 0 spiro atoms. The van der Waals surface area contributed by atoms with E-state index in [0.717, 1.165) is 76.1 Å². The van der Waals surface area contributed by atoms with Crippen molar-refractivity contribution in [2.24, 2.45) is 0 Å². The van der Waals surface area contributed by atoms with Gasteiger partial charge in [0.25, 0.3) is 0 Å². The molecule has 0 unspecified atom stereocenters. The third-order valence-corrected chi connectivity index (χ3v) is 7.44. The Kier molecular flexibility index (Phi) is 11.0. The zero-order valence-corrected chi connectivity index (χ0v) is 23.2. The molecule has 9 heteroatoms. The number of carbonyl (C=O) groups is 2. The van der Waals surface area contributed by atoms with Gasteiger partial charge in [-0.05, 0) is 97.2 Å². The summed E-state index contributed by atoms with van der Waals surface area (Å²) in [5.74, 6) is 0.0473. The van der Waals surface area contributed by atoms with Crippen molar-refractivity contribution in [2.75, 3.05) is 44.6 Å². The van der Waals surface area contributed by atoms with Crippen LogP contribution in [-0.4, -0.2) is 88.9 Å². The van der Waals surface area contributed by atoms with Crippen molar-refractivity contribution in [3.8, 4) is 0 Å². The van der Waals surface area contributed by atoms with Gasteiger partial charge in [0, 0.05) is 37.4 Å². The Morgan fingerprint density at radius 1 is 1.22 bits per heavy atom. The second-order valence-corrected chi connectivity index (χ2v) is 11.3. The molecule has 3 rings (SSSR count). The van der Waals surface area contributed by atoms with Crippen LogP contribution >= 0.6 is 0 Å². The molecule has 2 aliphatic heterocycles. The molecule has 9 nitrogen and oxygen atoms in total. The molecule has 0 saturated carbocycles. The van der Waals surface area contributed by atoms with Gasteiger partial charge in [-0.3, -0.25) is 0 Å². The highest BCUT2D eigenvalue weighted by atomic mass is 16.5. The lowest BCUT2D eigenvalue weighted by Gasteiger charge is -2.33. The Morgan fingerprint density at radius 3 is 2.73 bits per heavy atom. The molecule has 37 heavy (non-hydrogen) atoms. The number of nitrogens with one attached hydrogen (secondary N) is 2. The molecular formula is C28H47N5O4. The molecule has 0 bridgehead atoms. The van der Waals surface area contributed by atoms with E-state index in [1.54, 1.807) is 4.90 Å². The van der Waals surface area contributed by atoms with Crippen molar-refractivity contribution in [3.63, 3.8) is 0 Å². The van der Waals surface area contributed by atoms with Crippen molar-refractivity contribution >= 4 is 17.8 Å². The number of rotatable bonds is 14. The molecule has 2 amide bonds. The first-order chi connectivity index (χ1) is 17.7. The number of amides is 2. The van der Waals surface area contributed by atoms with Gasteiger partial charge in [-0.1, -0.05) is 6.07 Å². The number of aliphatic carboxylic acids is 1. The molecule has 3 N–H and O–H groups in total. The number of carboxylic acid groups (broad SMARTS) is 1. The van der Waals surface area contributed by atoms with Gasteiger partial charge in [0.05, 0.1) is 12.7 Å². The van der Waals surface area contributed by atoms with Gasteiger partial charge in [-0.15, -0.1) is 0 Å². The molecule has 3 heterocycles. The molecule has 208 valence electrons.